The van der Waals surface area contributed by atoms with E-state index in [4.69, 9.17) is 4.74 Å². The topological polar surface area (TPSA) is 106 Å². The minimum atomic E-state index is -0.878. The smallest absolute Gasteiger partial charge is 0.325 e. The highest BCUT2D eigenvalue weighted by Crippen LogP contribution is 2.22. The van der Waals surface area contributed by atoms with Gasteiger partial charge in [-0.2, -0.15) is 0 Å². The van der Waals surface area contributed by atoms with Gasteiger partial charge in [-0.3, -0.25) is 15.1 Å². The van der Waals surface area contributed by atoms with Crippen molar-refractivity contribution in [2.45, 2.75) is 38.6 Å². The number of likely N-dealkylation sites (N-methyl/N-ethyl adjacent to an activating group) is 1. The summed E-state index contributed by atoms with van der Waals surface area (Å²) in [6, 6.07) is 14.6. The van der Waals surface area contributed by atoms with Crippen LogP contribution in [0, 0.1) is 13.8 Å². The number of β-amino-alcohol motifs (C(OH)–C–C–N with tert-alkyl or cyclic N) is 1. The zero-order chi connectivity index (χ0) is 24.2. The van der Waals surface area contributed by atoms with Gasteiger partial charge < -0.3 is 25.0 Å². The van der Waals surface area contributed by atoms with Crippen molar-refractivity contribution >= 4 is 17.9 Å². The van der Waals surface area contributed by atoms with Crippen molar-refractivity contribution in [3.63, 3.8) is 0 Å². The van der Waals surface area contributed by atoms with Crippen LogP contribution in [0.15, 0.2) is 53.5 Å². The minimum absolute atomic E-state index is 0.0596. The summed E-state index contributed by atoms with van der Waals surface area (Å²) in [6.45, 7) is 4.71. The first-order valence-corrected chi connectivity index (χ1v) is 11.4. The molecule has 2 aliphatic rings. The lowest BCUT2D eigenvalue weighted by atomic mass is 10.1. The third kappa shape index (κ3) is 5.14. The third-order valence-corrected chi connectivity index (χ3v) is 6.25. The molecule has 0 aliphatic carbocycles. The van der Waals surface area contributed by atoms with Crippen LogP contribution in [-0.4, -0.2) is 77.9 Å². The Balaban J connectivity index is 1.46. The number of amides is 3. The van der Waals surface area contributed by atoms with Crippen LogP contribution < -0.4 is 15.4 Å². The Hall–Kier alpha value is -3.59. The Bertz CT molecular complexity index is 1070. The molecule has 9 heteroatoms. The van der Waals surface area contributed by atoms with Gasteiger partial charge in [-0.25, -0.2) is 4.79 Å². The number of hydrogen-bond donors (Lipinski definition) is 3. The average Bonchev–Trinajstić information content (AvgIpc) is 3.17. The van der Waals surface area contributed by atoms with Gasteiger partial charge in [0.2, 0.25) is 0 Å². The lowest BCUT2D eigenvalue weighted by Crippen LogP contribution is -2.65. The molecule has 9 nitrogen and oxygen atoms in total. The summed E-state index contributed by atoms with van der Waals surface area (Å²) in [4.78, 5) is 32.7. The second-order valence-corrected chi connectivity index (χ2v) is 8.74. The molecular weight excluding hydrogens is 434 g/mol. The Kier molecular flexibility index (Phi) is 7.02. The number of carbonyl (C=O) groups is 2. The van der Waals surface area contributed by atoms with Crippen molar-refractivity contribution in [2.75, 3.05) is 26.7 Å². The quantitative estimate of drug-likeness (QED) is 0.545. The molecule has 2 aliphatic heterocycles. The zero-order valence-electron chi connectivity index (χ0n) is 19.7. The van der Waals surface area contributed by atoms with Gasteiger partial charge in [0, 0.05) is 13.6 Å². The predicted molar refractivity (Wildman–Crippen MR) is 129 cm³/mol. The molecule has 0 bridgehead atoms. The predicted octanol–water partition coefficient (Wildman–Crippen LogP) is 1.42. The average molecular weight is 466 g/mol. The van der Waals surface area contributed by atoms with E-state index >= 15 is 0 Å². The highest BCUT2D eigenvalue weighted by molar-refractivity contribution is 6.04. The van der Waals surface area contributed by atoms with E-state index in [1.54, 1.807) is 11.9 Å². The lowest BCUT2D eigenvalue weighted by molar-refractivity contribution is -0.127. The molecule has 3 N–H and O–H groups in total. The Morgan fingerprint density at radius 3 is 2.62 bits per heavy atom. The van der Waals surface area contributed by atoms with Crippen molar-refractivity contribution in [3.8, 4) is 5.75 Å². The van der Waals surface area contributed by atoms with Crippen molar-refractivity contribution < 1.29 is 19.4 Å². The molecule has 0 aromatic heterocycles. The van der Waals surface area contributed by atoms with Crippen LogP contribution in [0.1, 0.15) is 16.7 Å². The second-order valence-electron chi connectivity index (χ2n) is 8.74. The molecule has 3 amide bonds. The molecule has 0 spiro atoms. The maximum atomic E-state index is 12.7. The number of hydrogen-bond acceptors (Lipinski definition) is 5. The number of aliphatic hydroxyl groups excluding tert-OH is 1. The number of fused-ring (bicyclic) bond motifs is 1. The van der Waals surface area contributed by atoms with Crippen LogP contribution in [0.25, 0.3) is 0 Å². The Labute approximate surface area is 199 Å². The van der Waals surface area contributed by atoms with E-state index in [0.29, 0.717) is 18.3 Å². The van der Waals surface area contributed by atoms with Crippen LogP contribution in [0.4, 0.5) is 4.79 Å². The number of guanidine groups is 1. The monoisotopic (exact) mass is 465 g/mol. The number of aliphatic imine (C=N–C) groups is 1. The summed E-state index contributed by atoms with van der Waals surface area (Å²) in [5.74, 6) is 0.737. The van der Waals surface area contributed by atoms with E-state index in [-0.39, 0.29) is 13.2 Å². The molecule has 180 valence electrons. The summed E-state index contributed by atoms with van der Waals surface area (Å²) in [5, 5.41) is 16.3. The number of aliphatic hydroxyl groups is 1. The lowest BCUT2D eigenvalue weighted by Gasteiger charge is -2.35. The van der Waals surface area contributed by atoms with Gasteiger partial charge in [-0.05, 0) is 49.1 Å². The molecule has 2 saturated heterocycles. The first-order chi connectivity index (χ1) is 16.3. The van der Waals surface area contributed by atoms with Gasteiger partial charge in [-0.15, -0.1) is 0 Å². The molecule has 2 aromatic rings. The van der Waals surface area contributed by atoms with Gasteiger partial charge in [0.05, 0.1) is 6.54 Å². The maximum Gasteiger partial charge on any atom is 0.325 e. The van der Waals surface area contributed by atoms with E-state index in [1.807, 2.05) is 62.4 Å². The molecule has 2 heterocycles. The summed E-state index contributed by atoms with van der Waals surface area (Å²) in [7, 11) is 1.62. The highest BCUT2D eigenvalue weighted by Gasteiger charge is 2.50. The fourth-order valence-electron chi connectivity index (χ4n) is 4.13. The summed E-state index contributed by atoms with van der Waals surface area (Å²) >= 11 is 0. The van der Waals surface area contributed by atoms with Gasteiger partial charge in [0.25, 0.3) is 5.91 Å². The number of imide groups is 1. The van der Waals surface area contributed by atoms with E-state index in [9.17, 15) is 14.7 Å². The van der Waals surface area contributed by atoms with Crippen LogP contribution in [0.3, 0.4) is 0 Å². The summed E-state index contributed by atoms with van der Waals surface area (Å²) in [6.07, 6.45) is -0.712. The van der Waals surface area contributed by atoms with E-state index in [1.165, 1.54) is 10.5 Å². The largest absolute Gasteiger partial charge is 0.491 e. The molecule has 0 radical (unpaired) electrons. The molecule has 3 atom stereocenters. The number of ether oxygens (including phenoxy) is 1. The number of nitrogens with one attached hydrogen (secondary N) is 2. The van der Waals surface area contributed by atoms with Gasteiger partial charge in [0.1, 0.15) is 24.6 Å². The highest BCUT2D eigenvalue weighted by atomic mass is 16.5. The molecule has 2 fully saturated rings. The molecular formula is C25H31N5O4. The van der Waals surface area contributed by atoms with Crippen LogP contribution in [0.5, 0.6) is 5.75 Å². The molecule has 3 unspecified atom stereocenters. The first-order valence-electron chi connectivity index (χ1n) is 11.4. The zero-order valence-corrected chi connectivity index (χ0v) is 19.7. The minimum Gasteiger partial charge on any atom is -0.491 e. The number of nitrogens with zero attached hydrogens (tertiary/aromatic N) is 3. The number of aryl methyl sites for hydroxylation is 2. The summed E-state index contributed by atoms with van der Waals surface area (Å²) < 4.78 is 5.79. The molecule has 4 rings (SSSR count). The Morgan fingerprint density at radius 2 is 1.88 bits per heavy atom. The van der Waals surface area contributed by atoms with E-state index in [2.05, 4.69) is 15.6 Å². The van der Waals surface area contributed by atoms with Crippen molar-refractivity contribution in [3.05, 3.63) is 65.2 Å². The number of benzene rings is 2. The molecule has 0 saturated carbocycles. The van der Waals surface area contributed by atoms with Gasteiger partial charge >= 0.3 is 6.03 Å². The second kappa shape index (κ2) is 10.1. The number of carbonyl (C=O) groups excluding carboxylic acids is 2. The number of urea groups is 1. The molecule has 2 aromatic carbocycles. The van der Waals surface area contributed by atoms with Crippen molar-refractivity contribution in [2.24, 2.45) is 4.99 Å². The third-order valence-electron chi connectivity index (χ3n) is 6.25. The maximum absolute atomic E-state index is 12.7. The first kappa shape index (κ1) is 23.6. The summed E-state index contributed by atoms with van der Waals surface area (Å²) in [5.41, 5.74) is 3.43. The van der Waals surface area contributed by atoms with Crippen molar-refractivity contribution in [1.82, 2.24) is 20.4 Å². The van der Waals surface area contributed by atoms with Crippen LogP contribution >= 0.6 is 0 Å². The fourth-order valence-corrected chi connectivity index (χ4v) is 4.13. The normalized spacial score (nSPS) is 21.8. The van der Waals surface area contributed by atoms with Gasteiger partial charge in [-0.1, -0.05) is 36.4 Å². The number of rotatable bonds is 8. The van der Waals surface area contributed by atoms with Crippen LogP contribution in [0.2, 0.25) is 0 Å². The van der Waals surface area contributed by atoms with Crippen molar-refractivity contribution in [1.29, 1.82) is 0 Å². The van der Waals surface area contributed by atoms with E-state index < -0.39 is 30.2 Å². The Morgan fingerprint density at radius 1 is 1.12 bits per heavy atom. The fraction of sp³-hybridized carbons (Fsp3) is 0.400. The standard InChI is InChI=1S/C25H31N5O4/c1-16-9-10-20(13-17(16)2)34-15-19(31)14-30-21-22(29(3)25(33)28-23(21)32)27-24(30)26-12-11-18-7-5-4-6-8-18/h4-10,13,19,21-22,31H,11-12,14-15H2,1-3H3,(H,26,27)(H,28,32,33). The SMILES string of the molecule is Cc1ccc(OCC(O)CN2C(=NCCc3ccccc3)NC3C2C(=O)NC(=O)N3C)cc1C. The molecule has 34 heavy (non-hydrogen) atoms. The van der Waals surface area contributed by atoms with Gasteiger partial charge in [0.15, 0.2) is 12.0 Å². The van der Waals surface area contributed by atoms with E-state index in [0.717, 1.165) is 17.5 Å². The van der Waals surface area contributed by atoms with Crippen LogP contribution in [-0.2, 0) is 11.2 Å².